The summed E-state index contributed by atoms with van der Waals surface area (Å²) in [6, 6.07) is 7.07. The number of likely N-dealkylation sites (tertiary alicyclic amines) is 1. The van der Waals surface area contributed by atoms with Crippen LogP contribution in [0.3, 0.4) is 0 Å². The van der Waals surface area contributed by atoms with Gasteiger partial charge in [-0.15, -0.1) is 0 Å². The predicted molar refractivity (Wildman–Crippen MR) is 112 cm³/mol. The average molecular weight is 449 g/mol. The molecule has 1 N–H and O–H groups in total. The second-order valence-corrected chi connectivity index (χ2v) is 7.87. The van der Waals surface area contributed by atoms with Gasteiger partial charge in [0.15, 0.2) is 11.5 Å². The summed E-state index contributed by atoms with van der Waals surface area (Å²) in [6.45, 7) is 3.90. The second kappa shape index (κ2) is 9.62. The van der Waals surface area contributed by atoms with Gasteiger partial charge in [0, 0.05) is 30.1 Å². The van der Waals surface area contributed by atoms with Crippen molar-refractivity contribution < 1.29 is 28.2 Å². The number of rotatable bonds is 9. The van der Waals surface area contributed by atoms with Crippen molar-refractivity contribution in [1.29, 1.82) is 0 Å². The van der Waals surface area contributed by atoms with Gasteiger partial charge in [0.05, 0.1) is 13.2 Å². The second-order valence-electron chi connectivity index (χ2n) is 7.46. The maximum absolute atomic E-state index is 12.4. The largest absolute Gasteiger partial charge is 0.460 e. The van der Waals surface area contributed by atoms with Crippen LogP contribution < -0.4 is 14.8 Å². The van der Waals surface area contributed by atoms with E-state index in [4.69, 9.17) is 30.2 Å². The molecule has 4 rings (SSSR count). The third kappa shape index (κ3) is 4.97. The van der Waals surface area contributed by atoms with Gasteiger partial charge in [-0.25, -0.2) is 4.79 Å². The molecule has 9 heteroatoms. The van der Waals surface area contributed by atoms with Crippen molar-refractivity contribution in [1.82, 2.24) is 10.2 Å². The molecule has 1 fully saturated rings. The highest BCUT2D eigenvalue weighted by atomic mass is 35.5. The summed E-state index contributed by atoms with van der Waals surface area (Å²) >= 11 is 6.32. The zero-order chi connectivity index (χ0) is 21.8. The van der Waals surface area contributed by atoms with Crippen LogP contribution in [0, 0.1) is 0 Å². The maximum Gasteiger partial charge on any atom is 0.374 e. The standard InChI is InChI=1S/C22H25ClN2O6/c1-2-28-22(27)18-5-4-16(31-18)12-25-15(3-6-21(25)26)7-8-24-11-14-9-19-20(10-17(14)23)30-13-29-19/h4-5,9-10,15,24H,2-3,6-8,11-13H2,1H3/t15-/m1/s1. The van der Waals surface area contributed by atoms with Gasteiger partial charge in [-0.2, -0.15) is 0 Å². The minimum Gasteiger partial charge on any atom is -0.460 e. The molecule has 1 saturated heterocycles. The molecule has 2 aliphatic heterocycles. The lowest BCUT2D eigenvalue weighted by Crippen LogP contribution is -2.34. The monoisotopic (exact) mass is 448 g/mol. The summed E-state index contributed by atoms with van der Waals surface area (Å²) in [5.74, 6) is 1.69. The van der Waals surface area contributed by atoms with Crippen molar-refractivity contribution in [3.63, 3.8) is 0 Å². The Kier molecular flexibility index (Phi) is 6.67. The molecular formula is C22H25ClN2O6. The molecule has 0 unspecified atom stereocenters. The number of nitrogens with one attached hydrogen (secondary N) is 1. The Hall–Kier alpha value is -2.71. The Labute approximate surface area is 185 Å². The van der Waals surface area contributed by atoms with E-state index in [-0.39, 0.29) is 31.1 Å². The van der Waals surface area contributed by atoms with Crippen molar-refractivity contribution in [2.75, 3.05) is 19.9 Å². The number of ether oxygens (including phenoxy) is 3. The van der Waals surface area contributed by atoms with Crippen molar-refractivity contribution in [3.05, 3.63) is 46.4 Å². The molecule has 2 aliphatic rings. The quantitative estimate of drug-likeness (QED) is 0.463. The minimum atomic E-state index is -0.496. The van der Waals surface area contributed by atoms with E-state index >= 15 is 0 Å². The fraction of sp³-hybridized carbons (Fsp3) is 0.455. The molecule has 1 amide bonds. The van der Waals surface area contributed by atoms with Crippen LogP contribution in [0.15, 0.2) is 28.7 Å². The topological polar surface area (TPSA) is 90.2 Å². The van der Waals surface area contributed by atoms with Crippen LogP contribution in [0.2, 0.25) is 5.02 Å². The molecular weight excluding hydrogens is 424 g/mol. The van der Waals surface area contributed by atoms with Crippen LogP contribution in [0.4, 0.5) is 0 Å². The number of nitrogens with zero attached hydrogens (tertiary/aromatic N) is 1. The third-order valence-corrected chi connectivity index (χ3v) is 5.78. The van der Waals surface area contributed by atoms with Crippen LogP contribution in [0.25, 0.3) is 0 Å². The van der Waals surface area contributed by atoms with Crippen molar-refractivity contribution >= 4 is 23.5 Å². The molecule has 1 aromatic carbocycles. The fourth-order valence-electron chi connectivity index (χ4n) is 3.84. The summed E-state index contributed by atoms with van der Waals surface area (Å²) in [7, 11) is 0. The molecule has 0 saturated carbocycles. The molecule has 166 valence electrons. The van der Waals surface area contributed by atoms with E-state index < -0.39 is 5.97 Å². The predicted octanol–water partition coefficient (Wildman–Crippen LogP) is 3.51. The van der Waals surface area contributed by atoms with E-state index in [9.17, 15) is 9.59 Å². The molecule has 2 aromatic rings. The van der Waals surface area contributed by atoms with E-state index in [1.165, 1.54) is 0 Å². The minimum absolute atomic E-state index is 0.0953. The number of fused-ring (bicyclic) bond motifs is 1. The number of amides is 1. The lowest BCUT2D eigenvalue weighted by Gasteiger charge is -2.24. The number of hydrogen-bond donors (Lipinski definition) is 1. The van der Waals surface area contributed by atoms with Crippen LogP contribution in [0.1, 0.15) is 48.1 Å². The molecule has 31 heavy (non-hydrogen) atoms. The first kappa shape index (κ1) is 21.5. The highest BCUT2D eigenvalue weighted by Crippen LogP contribution is 2.36. The normalized spacial score (nSPS) is 17.4. The number of hydrogen-bond acceptors (Lipinski definition) is 7. The van der Waals surface area contributed by atoms with Gasteiger partial charge in [-0.05, 0) is 50.1 Å². The van der Waals surface area contributed by atoms with E-state index in [0.29, 0.717) is 41.8 Å². The smallest absolute Gasteiger partial charge is 0.374 e. The molecule has 0 aliphatic carbocycles. The Bertz CT molecular complexity index is 959. The van der Waals surface area contributed by atoms with Crippen molar-refractivity contribution in [2.24, 2.45) is 0 Å². The zero-order valence-corrected chi connectivity index (χ0v) is 18.1. The number of halogens is 1. The first-order valence-electron chi connectivity index (χ1n) is 10.4. The van der Waals surface area contributed by atoms with Gasteiger partial charge in [-0.3, -0.25) is 4.79 Å². The van der Waals surface area contributed by atoms with Gasteiger partial charge >= 0.3 is 5.97 Å². The van der Waals surface area contributed by atoms with Gasteiger partial charge in [-0.1, -0.05) is 11.6 Å². The first-order chi connectivity index (χ1) is 15.0. The van der Waals surface area contributed by atoms with Crippen molar-refractivity contribution in [3.8, 4) is 11.5 Å². The summed E-state index contributed by atoms with van der Waals surface area (Å²) < 4.78 is 21.2. The molecule has 0 bridgehead atoms. The number of carbonyl (C=O) groups is 2. The third-order valence-electron chi connectivity index (χ3n) is 5.43. The average Bonchev–Trinajstić information content (AvgIpc) is 3.47. The fourth-order valence-corrected chi connectivity index (χ4v) is 4.06. The Morgan fingerprint density at radius 2 is 2.10 bits per heavy atom. The van der Waals surface area contributed by atoms with Crippen LogP contribution in [-0.2, 0) is 22.6 Å². The van der Waals surface area contributed by atoms with E-state index in [2.05, 4.69) is 5.32 Å². The number of furan rings is 1. The molecule has 8 nitrogen and oxygen atoms in total. The highest BCUT2D eigenvalue weighted by Gasteiger charge is 2.31. The summed E-state index contributed by atoms with van der Waals surface area (Å²) in [4.78, 5) is 26.0. The number of carbonyl (C=O) groups excluding carboxylic acids is 2. The Balaban J connectivity index is 1.28. The van der Waals surface area contributed by atoms with Crippen LogP contribution in [0.5, 0.6) is 11.5 Å². The molecule has 0 radical (unpaired) electrons. The molecule has 1 aromatic heterocycles. The summed E-state index contributed by atoms with van der Waals surface area (Å²) in [6.07, 6.45) is 2.13. The van der Waals surface area contributed by atoms with Gasteiger partial charge in [0.25, 0.3) is 0 Å². The Morgan fingerprint density at radius 1 is 1.29 bits per heavy atom. The first-order valence-corrected chi connectivity index (χ1v) is 10.8. The highest BCUT2D eigenvalue weighted by molar-refractivity contribution is 6.31. The Morgan fingerprint density at radius 3 is 2.90 bits per heavy atom. The van der Waals surface area contributed by atoms with E-state index in [1.54, 1.807) is 25.1 Å². The molecule has 0 spiro atoms. The van der Waals surface area contributed by atoms with E-state index in [1.807, 2.05) is 11.0 Å². The van der Waals surface area contributed by atoms with Crippen LogP contribution >= 0.6 is 11.6 Å². The lowest BCUT2D eigenvalue weighted by molar-refractivity contribution is -0.129. The maximum atomic E-state index is 12.4. The summed E-state index contributed by atoms with van der Waals surface area (Å²) in [5.41, 5.74) is 0.937. The number of esters is 1. The van der Waals surface area contributed by atoms with Crippen molar-refractivity contribution in [2.45, 2.75) is 45.3 Å². The molecule has 1 atom stereocenters. The van der Waals surface area contributed by atoms with Crippen LogP contribution in [-0.4, -0.2) is 42.8 Å². The van der Waals surface area contributed by atoms with Gasteiger partial charge in [0.2, 0.25) is 18.5 Å². The van der Waals surface area contributed by atoms with E-state index in [0.717, 1.165) is 24.9 Å². The number of benzene rings is 1. The molecule has 3 heterocycles. The van der Waals surface area contributed by atoms with Gasteiger partial charge < -0.3 is 28.8 Å². The van der Waals surface area contributed by atoms with Gasteiger partial charge in [0.1, 0.15) is 5.76 Å². The SMILES string of the molecule is CCOC(=O)c1ccc(CN2C(=O)CC[C@@H]2CCNCc2cc3c(cc2Cl)OCO3)o1. The lowest BCUT2D eigenvalue weighted by atomic mass is 10.1. The zero-order valence-electron chi connectivity index (χ0n) is 17.3. The summed E-state index contributed by atoms with van der Waals surface area (Å²) in [5, 5.41) is 4.02.